The van der Waals surface area contributed by atoms with Crippen molar-refractivity contribution < 1.29 is 8.83 Å². The van der Waals surface area contributed by atoms with E-state index in [1.54, 1.807) is 0 Å². The van der Waals surface area contributed by atoms with Crippen LogP contribution in [0.5, 0.6) is 0 Å². The Hall–Kier alpha value is -9.18. The highest BCUT2D eigenvalue weighted by Gasteiger charge is 2.46. The molecule has 13 aromatic rings. The molecule has 0 fully saturated rings. The van der Waals surface area contributed by atoms with Gasteiger partial charge in [-0.25, -0.2) is 0 Å². The number of rotatable bonds is 8. The molecule has 3 heteroatoms. The summed E-state index contributed by atoms with van der Waals surface area (Å²) in [6.07, 6.45) is 0. The van der Waals surface area contributed by atoms with Crippen molar-refractivity contribution in [2.24, 2.45) is 0 Å². The smallest absolute Gasteiger partial charge is 0.143 e. The summed E-state index contributed by atoms with van der Waals surface area (Å²) >= 11 is 0. The molecule has 1 aliphatic carbocycles. The summed E-state index contributed by atoms with van der Waals surface area (Å²) in [7, 11) is 0. The summed E-state index contributed by atoms with van der Waals surface area (Å²) < 4.78 is 13.0. The quantitative estimate of drug-likeness (QED) is 0.152. The second-order valence-electron chi connectivity index (χ2n) is 19.3. The van der Waals surface area contributed by atoms with Gasteiger partial charge in [-0.2, -0.15) is 0 Å². The van der Waals surface area contributed by atoms with Crippen molar-refractivity contribution in [3.05, 3.63) is 282 Å². The van der Waals surface area contributed by atoms with E-state index in [2.05, 4.69) is 243 Å². The Bertz CT molecular complexity index is 3990. The Labute approximate surface area is 418 Å². The van der Waals surface area contributed by atoms with Crippen LogP contribution in [-0.4, -0.2) is 0 Å². The number of hydrogen-bond acceptors (Lipinski definition) is 3. The molecule has 0 atom stereocenters. The molecule has 72 heavy (non-hydrogen) atoms. The third-order valence-corrected chi connectivity index (χ3v) is 15.2. The molecule has 0 spiro atoms. The molecule has 0 saturated heterocycles. The fourth-order valence-electron chi connectivity index (χ4n) is 11.7. The van der Waals surface area contributed by atoms with E-state index in [0.29, 0.717) is 0 Å². The number of anilines is 3. The summed E-state index contributed by atoms with van der Waals surface area (Å²) in [5, 5.41) is 4.50. The van der Waals surface area contributed by atoms with Crippen LogP contribution in [-0.2, 0) is 5.41 Å². The van der Waals surface area contributed by atoms with Crippen molar-refractivity contribution in [3.8, 4) is 44.5 Å². The molecule has 0 unspecified atom stereocenters. The molecule has 2 heterocycles. The Balaban J connectivity index is 0.892. The third kappa shape index (κ3) is 6.44. The molecule has 0 aliphatic heterocycles. The van der Waals surface area contributed by atoms with E-state index in [1.165, 1.54) is 50.1 Å². The Morgan fingerprint density at radius 3 is 1.18 bits per heavy atom. The zero-order chi connectivity index (χ0) is 47.9. The van der Waals surface area contributed by atoms with Gasteiger partial charge >= 0.3 is 0 Å². The van der Waals surface area contributed by atoms with Gasteiger partial charge in [0.05, 0.1) is 5.41 Å². The van der Waals surface area contributed by atoms with Crippen LogP contribution in [0.4, 0.5) is 17.1 Å². The summed E-state index contributed by atoms with van der Waals surface area (Å²) in [6.45, 7) is 4.33. The molecule has 0 bridgehead atoms. The number of benzene rings is 11. The van der Waals surface area contributed by atoms with Gasteiger partial charge in [0.2, 0.25) is 0 Å². The van der Waals surface area contributed by atoms with Crippen LogP contribution < -0.4 is 4.90 Å². The van der Waals surface area contributed by atoms with Gasteiger partial charge in [-0.05, 0) is 118 Å². The molecule has 11 aromatic carbocycles. The van der Waals surface area contributed by atoms with E-state index in [4.69, 9.17) is 8.83 Å². The molecule has 2 aromatic heterocycles. The van der Waals surface area contributed by atoms with Crippen LogP contribution >= 0.6 is 0 Å². The van der Waals surface area contributed by atoms with Crippen molar-refractivity contribution in [1.82, 2.24) is 0 Å². The largest absolute Gasteiger partial charge is 0.455 e. The number of hydrogen-bond donors (Lipinski definition) is 0. The lowest BCUT2D eigenvalue weighted by molar-refractivity contribution is 0.669. The molecule has 0 saturated carbocycles. The van der Waals surface area contributed by atoms with Crippen molar-refractivity contribution in [3.63, 3.8) is 0 Å². The standard InChI is InChI=1S/C69H47NO2/c1-44-24-34-49(35-25-44)69(50-36-26-45(2)27-37-50)62-20-6-3-14-61(62)66-54(15-11-21-63(66)69)46-28-38-51(39-29-46)70(52-40-30-47(31-41-52)55-16-9-18-59-57-12-4-7-22-64(57)71-67(55)59)53-42-32-48(33-43-53)56-17-10-19-60-58-13-5-8-23-65(58)72-68(56)60/h3-43H,1-2H3. The van der Waals surface area contributed by atoms with E-state index in [0.717, 1.165) is 88.8 Å². The van der Waals surface area contributed by atoms with Gasteiger partial charge < -0.3 is 13.7 Å². The zero-order valence-corrected chi connectivity index (χ0v) is 39.9. The predicted octanol–water partition coefficient (Wildman–Crippen LogP) is 18.9. The maximum absolute atomic E-state index is 6.49. The lowest BCUT2D eigenvalue weighted by Crippen LogP contribution is -2.28. The van der Waals surface area contributed by atoms with Gasteiger partial charge in [-0.3, -0.25) is 0 Å². The van der Waals surface area contributed by atoms with E-state index < -0.39 is 5.41 Å². The van der Waals surface area contributed by atoms with Gasteiger partial charge in [-0.15, -0.1) is 0 Å². The molecule has 1 aliphatic rings. The Morgan fingerprint density at radius 1 is 0.306 bits per heavy atom. The number of para-hydroxylation sites is 4. The van der Waals surface area contributed by atoms with E-state index in [9.17, 15) is 0 Å². The first-order chi connectivity index (χ1) is 35.5. The highest BCUT2D eigenvalue weighted by molar-refractivity contribution is 6.11. The van der Waals surface area contributed by atoms with Crippen molar-refractivity contribution in [2.75, 3.05) is 4.90 Å². The zero-order valence-electron chi connectivity index (χ0n) is 39.9. The fraction of sp³-hybridized carbons (Fsp3) is 0.0435. The van der Waals surface area contributed by atoms with Crippen LogP contribution in [0.1, 0.15) is 33.4 Å². The van der Waals surface area contributed by atoms with Gasteiger partial charge in [0.15, 0.2) is 0 Å². The number of furan rings is 2. The van der Waals surface area contributed by atoms with Gasteiger partial charge in [0, 0.05) is 49.7 Å². The average Bonchev–Trinajstić information content (AvgIpc) is 4.11. The maximum Gasteiger partial charge on any atom is 0.143 e. The van der Waals surface area contributed by atoms with Crippen LogP contribution in [0.25, 0.3) is 88.4 Å². The second-order valence-corrected chi connectivity index (χ2v) is 19.3. The monoisotopic (exact) mass is 921 g/mol. The summed E-state index contributed by atoms with van der Waals surface area (Å²) in [6, 6.07) is 90.6. The highest BCUT2D eigenvalue weighted by atomic mass is 16.3. The van der Waals surface area contributed by atoms with Gasteiger partial charge in [0.25, 0.3) is 0 Å². The minimum atomic E-state index is -0.482. The molecule has 3 nitrogen and oxygen atoms in total. The average molecular weight is 922 g/mol. The topological polar surface area (TPSA) is 29.5 Å². The summed E-state index contributed by atoms with van der Waals surface area (Å²) in [5.41, 5.74) is 23.2. The first-order valence-corrected chi connectivity index (χ1v) is 24.8. The Kier molecular flexibility index (Phi) is 9.56. The molecule has 0 amide bonds. The van der Waals surface area contributed by atoms with Crippen LogP contribution in [0.3, 0.4) is 0 Å². The van der Waals surface area contributed by atoms with Crippen LogP contribution in [0, 0.1) is 13.8 Å². The number of nitrogens with zero attached hydrogens (tertiary/aromatic N) is 1. The molecular formula is C69H47NO2. The van der Waals surface area contributed by atoms with E-state index >= 15 is 0 Å². The van der Waals surface area contributed by atoms with Crippen molar-refractivity contribution in [1.29, 1.82) is 0 Å². The van der Waals surface area contributed by atoms with Crippen LogP contribution in [0.2, 0.25) is 0 Å². The van der Waals surface area contributed by atoms with E-state index in [-0.39, 0.29) is 0 Å². The highest BCUT2D eigenvalue weighted by Crippen LogP contribution is 2.58. The van der Waals surface area contributed by atoms with Crippen molar-refractivity contribution >= 4 is 60.9 Å². The minimum absolute atomic E-state index is 0.482. The summed E-state index contributed by atoms with van der Waals surface area (Å²) in [5.74, 6) is 0. The van der Waals surface area contributed by atoms with Gasteiger partial charge in [-0.1, -0.05) is 211 Å². The second kappa shape index (κ2) is 16.5. The minimum Gasteiger partial charge on any atom is -0.455 e. The first-order valence-electron chi connectivity index (χ1n) is 24.8. The lowest BCUT2D eigenvalue weighted by Gasteiger charge is -2.34. The summed E-state index contributed by atoms with van der Waals surface area (Å²) in [4.78, 5) is 2.35. The van der Waals surface area contributed by atoms with E-state index in [1.807, 2.05) is 24.3 Å². The lowest BCUT2D eigenvalue weighted by atomic mass is 9.67. The van der Waals surface area contributed by atoms with Crippen LogP contribution in [0.15, 0.2) is 258 Å². The molecule has 340 valence electrons. The molecular weight excluding hydrogens is 875 g/mol. The molecule has 0 radical (unpaired) electrons. The normalized spacial score (nSPS) is 12.7. The SMILES string of the molecule is Cc1ccc(C2(c3ccc(C)cc3)c3ccccc3-c3c(-c4ccc(N(c5ccc(-c6cccc7c6oc6ccccc67)cc5)c5ccc(-c6cccc7c6oc6ccccc67)cc5)cc4)cccc32)cc1. The van der Waals surface area contributed by atoms with Gasteiger partial charge in [0.1, 0.15) is 22.3 Å². The molecule has 0 N–H and O–H groups in total. The number of aryl methyl sites for hydroxylation is 2. The number of fused-ring (bicyclic) bond motifs is 9. The first kappa shape index (κ1) is 41.8. The third-order valence-electron chi connectivity index (χ3n) is 15.2. The Morgan fingerprint density at radius 2 is 0.681 bits per heavy atom. The van der Waals surface area contributed by atoms with Crippen molar-refractivity contribution in [2.45, 2.75) is 19.3 Å². The molecule has 14 rings (SSSR count). The predicted molar refractivity (Wildman–Crippen MR) is 299 cm³/mol. The fourth-order valence-corrected chi connectivity index (χ4v) is 11.7. The maximum atomic E-state index is 6.49.